The molecule has 136 valence electrons. The van der Waals surface area contributed by atoms with Crippen molar-refractivity contribution in [2.45, 2.75) is 25.4 Å². The Morgan fingerprint density at radius 1 is 1.12 bits per heavy atom. The molecule has 0 bridgehead atoms. The van der Waals surface area contributed by atoms with E-state index >= 15 is 0 Å². The highest BCUT2D eigenvalue weighted by atomic mass is 19.1. The summed E-state index contributed by atoms with van der Waals surface area (Å²) in [5, 5.41) is 13.7. The minimum atomic E-state index is -0.404. The molecule has 1 fully saturated rings. The van der Waals surface area contributed by atoms with Gasteiger partial charge in [0.25, 0.3) is 11.6 Å². The summed E-state index contributed by atoms with van der Waals surface area (Å²) in [6, 6.07) is 12.2. The lowest BCUT2D eigenvalue weighted by Crippen LogP contribution is -2.44. The second-order valence-corrected chi connectivity index (χ2v) is 6.45. The van der Waals surface area contributed by atoms with Crippen LogP contribution in [0, 0.1) is 15.9 Å². The smallest absolute Gasteiger partial charge is 0.269 e. The maximum absolute atomic E-state index is 12.9. The molecule has 0 atom stereocenters. The molecule has 1 aliphatic rings. The number of nitro benzene ring substituents is 1. The molecule has 2 aromatic carbocycles. The Labute approximate surface area is 150 Å². The number of carbonyl (C=O) groups is 1. The Kier molecular flexibility index (Phi) is 5.58. The largest absolute Gasteiger partial charge is 0.349 e. The molecular weight excluding hydrogens is 337 g/mol. The fourth-order valence-corrected chi connectivity index (χ4v) is 3.09. The number of carbonyl (C=O) groups excluding carboxylic acids is 1. The zero-order valence-electron chi connectivity index (χ0n) is 14.2. The van der Waals surface area contributed by atoms with E-state index in [0.29, 0.717) is 5.56 Å². The van der Waals surface area contributed by atoms with Crippen LogP contribution in [0.5, 0.6) is 0 Å². The monoisotopic (exact) mass is 357 g/mol. The number of piperidine rings is 1. The molecule has 1 heterocycles. The Morgan fingerprint density at radius 3 is 2.31 bits per heavy atom. The van der Waals surface area contributed by atoms with Crippen LogP contribution in [0.2, 0.25) is 0 Å². The van der Waals surface area contributed by atoms with E-state index in [1.54, 1.807) is 12.1 Å². The quantitative estimate of drug-likeness (QED) is 0.659. The van der Waals surface area contributed by atoms with Crippen molar-refractivity contribution >= 4 is 11.6 Å². The number of rotatable bonds is 5. The highest BCUT2D eigenvalue weighted by molar-refractivity contribution is 5.94. The van der Waals surface area contributed by atoms with Crippen molar-refractivity contribution in [3.05, 3.63) is 75.6 Å². The van der Waals surface area contributed by atoms with Gasteiger partial charge in [-0.05, 0) is 42.7 Å². The molecular formula is C19H20FN3O3. The van der Waals surface area contributed by atoms with Gasteiger partial charge >= 0.3 is 0 Å². The Morgan fingerprint density at radius 2 is 1.73 bits per heavy atom. The van der Waals surface area contributed by atoms with Crippen LogP contribution in [0.3, 0.4) is 0 Å². The SMILES string of the molecule is O=C(NC1CCN(Cc2ccc([N+](=O)[O-])cc2)CC1)c1ccc(F)cc1. The van der Waals surface area contributed by atoms with Crippen molar-refractivity contribution in [1.29, 1.82) is 0 Å². The third-order valence-corrected chi connectivity index (χ3v) is 4.58. The summed E-state index contributed by atoms with van der Waals surface area (Å²) < 4.78 is 12.9. The van der Waals surface area contributed by atoms with Gasteiger partial charge in [0, 0.05) is 43.4 Å². The molecule has 1 saturated heterocycles. The summed E-state index contributed by atoms with van der Waals surface area (Å²) in [5.41, 5.74) is 1.58. The first kappa shape index (κ1) is 18.0. The van der Waals surface area contributed by atoms with Crippen LogP contribution in [0.25, 0.3) is 0 Å². The van der Waals surface area contributed by atoms with Gasteiger partial charge in [-0.2, -0.15) is 0 Å². The first-order valence-corrected chi connectivity index (χ1v) is 8.53. The van der Waals surface area contributed by atoms with E-state index < -0.39 is 4.92 Å². The maximum atomic E-state index is 12.9. The number of amides is 1. The first-order valence-electron chi connectivity index (χ1n) is 8.53. The number of hydrogen-bond acceptors (Lipinski definition) is 4. The van der Waals surface area contributed by atoms with Crippen molar-refractivity contribution in [1.82, 2.24) is 10.2 Å². The zero-order chi connectivity index (χ0) is 18.5. The van der Waals surface area contributed by atoms with E-state index in [1.807, 2.05) is 0 Å². The number of nitrogens with zero attached hydrogens (tertiary/aromatic N) is 2. The summed E-state index contributed by atoms with van der Waals surface area (Å²) in [7, 11) is 0. The van der Waals surface area contributed by atoms with Gasteiger partial charge in [0.2, 0.25) is 0 Å². The van der Waals surface area contributed by atoms with Crippen molar-refractivity contribution in [2.75, 3.05) is 13.1 Å². The molecule has 1 N–H and O–H groups in total. The van der Waals surface area contributed by atoms with Crippen molar-refractivity contribution < 1.29 is 14.1 Å². The molecule has 0 radical (unpaired) electrons. The highest BCUT2D eigenvalue weighted by Gasteiger charge is 2.21. The van der Waals surface area contributed by atoms with Crippen LogP contribution < -0.4 is 5.32 Å². The van der Waals surface area contributed by atoms with Crippen LogP contribution in [-0.2, 0) is 6.54 Å². The summed E-state index contributed by atoms with van der Waals surface area (Å²) in [5.74, 6) is -0.542. The molecule has 0 unspecified atom stereocenters. The second kappa shape index (κ2) is 8.05. The van der Waals surface area contributed by atoms with Gasteiger partial charge in [-0.1, -0.05) is 12.1 Å². The van der Waals surface area contributed by atoms with Crippen LogP contribution in [0.4, 0.5) is 10.1 Å². The predicted octanol–water partition coefficient (Wildman–Crippen LogP) is 3.13. The van der Waals surface area contributed by atoms with Crippen LogP contribution >= 0.6 is 0 Å². The number of benzene rings is 2. The zero-order valence-corrected chi connectivity index (χ0v) is 14.2. The topological polar surface area (TPSA) is 75.5 Å². The number of likely N-dealkylation sites (tertiary alicyclic amines) is 1. The first-order chi connectivity index (χ1) is 12.5. The number of nitro groups is 1. The fraction of sp³-hybridized carbons (Fsp3) is 0.316. The van der Waals surface area contributed by atoms with Crippen LogP contribution in [0.1, 0.15) is 28.8 Å². The molecule has 7 heteroatoms. The third-order valence-electron chi connectivity index (χ3n) is 4.58. The van der Waals surface area contributed by atoms with E-state index in [2.05, 4.69) is 10.2 Å². The fourth-order valence-electron chi connectivity index (χ4n) is 3.09. The minimum Gasteiger partial charge on any atom is -0.349 e. The van der Waals surface area contributed by atoms with Crippen LogP contribution in [0.15, 0.2) is 48.5 Å². The average molecular weight is 357 g/mol. The normalized spacial score (nSPS) is 15.6. The summed E-state index contributed by atoms with van der Waals surface area (Å²) in [4.78, 5) is 24.7. The molecule has 0 spiro atoms. The Bertz CT molecular complexity index is 770. The third kappa shape index (κ3) is 4.64. The molecule has 1 aliphatic heterocycles. The van der Waals surface area contributed by atoms with E-state index in [4.69, 9.17) is 0 Å². The van der Waals surface area contributed by atoms with Gasteiger partial charge in [0.15, 0.2) is 0 Å². The van der Waals surface area contributed by atoms with Gasteiger partial charge in [-0.15, -0.1) is 0 Å². The van der Waals surface area contributed by atoms with E-state index in [0.717, 1.165) is 38.0 Å². The van der Waals surface area contributed by atoms with Gasteiger partial charge in [0.1, 0.15) is 5.82 Å². The van der Waals surface area contributed by atoms with Crippen molar-refractivity contribution in [3.63, 3.8) is 0 Å². The molecule has 2 aromatic rings. The summed E-state index contributed by atoms with van der Waals surface area (Å²) in [6.45, 7) is 2.41. The number of nitrogens with one attached hydrogen (secondary N) is 1. The van der Waals surface area contributed by atoms with E-state index in [-0.39, 0.29) is 23.5 Å². The number of halogens is 1. The predicted molar refractivity (Wildman–Crippen MR) is 95.3 cm³/mol. The van der Waals surface area contributed by atoms with Crippen LogP contribution in [-0.4, -0.2) is 34.9 Å². The standard InChI is InChI=1S/C19H20FN3O3/c20-16-5-3-15(4-6-16)19(24)21-17-9-11-22(12-10-17)13-14-1-7-18(8-2-14)23(25)26/h1-8,17H,9-13H2,(H,21,24). The van der Waals surface area contributed by atoms with E-state index in [9.17, 15) is 19.3 Å². The molecule has 1 amide bonds. The second-order valence-electron chi connectivity index (χ2n) is 6.45. The minimum absolute atomic E-state index is 0.0935. The van der Waals surface area contributed by atoms with Gasteiger partial charge in [0.05, 0.1) is 4.92 Å². The maximum Gasteiger partial charge on any atom is 0.269 e. The van der Waals surface area contributed by atoms with Gasteiger partial charge in [-0.25, -0.2) is 4.39 Å². The number of hydrogen-bond donors (Lipinski definition) is 1. The molecule has 3 rings (SSSR count). The lowest BCUT2D eigenvalue weighted by atomic mass is 10.0. The lowest BCUT2D eigenvalue weighted by molar-refractivity contribution is -0.384. The number of non-ortho nitro benzene ring substituents is 1. The molecule has 6 nitrogen and oxygen atoms in total. The molecule has 0 aliphatic carbocycles. The molecule has 0 aromatic heterocycles. The van der Waals surface area contributed by atoms with Crippen molar-refractivity contribution in [3.8, 4) is 0 Å². The van der Waals surface area contributed by atoms with E-state index in [1.165, 1.54) is 36.4 Å². The highest BCUT2D eigenvalue weighted by Crippen LogP contribution is 2.17. The van der Waals surface area contributed by atoms with Gasteiger partial charge < -0.3 is 5.32 Å². The Balaban J connectivity index is 1.47. The lowest BCUT2D eigenvalue weighted by Gasteiger charge is -2.32. The summed E-state index contributed by atoms with van der Waals surface area (Å²) in [6.07, 6.45) is 1.67. The molecule has 26 heavy (non-hydrogen) atoms. The van der Waals surface area contributed by atoms with Gasteiger partial charge in [-0.3, -0.25) is 19.8 Å². The average Bonchev–Trinajstić information content (AvgIpc) is 2.64. The summed E-state index contributed by atoms with van der Waals surface area (Å²) >= 11 is 0. The molecule has 0 saturated carbocycles. The van der Waals surface area contributed by atoms with Crippen molar-refractivity contribution in [2.24, 2.45) is 0 Å². The Hall–Kier alpha value is -2.80.